The number of carbonyl (C=O) groups excluding carboxylic acids is 1. The molecule has 3 aromatic rings. The van der Waals surface area contributed by atoms with Gasteiger partial charge in [-0.25, -0.2) is 9.97 Å². The molecule has 2 heterocycles. The van der Waals surface area contributed by atoms with E-state index in [0.29, 0.717) is 5.69 Å². The average Bonchev–Trinajstić information content (AvgIpc) is 3.12. The van der Waals surface area contributed by atoms with E-state index in [1.54, 1.807) is 12.1 Å². The third-order valence-electron chi connectivity index (χ3n) is 4.05. The fourth-order valence-corrected chi connectivity index (χ4v) is 2.52. The summed E-state index contributed by atoms with van der Waals surface area (Å²) in [4.78, 5) is 41.6. The van der Waals surface area contributed by atoms with Gasteiger partial charge in [0.25, 0.3) is 23.2 Å². The summed E-state index contributed by atoms with van der Waals surface area (Å²) in [5.74, 6) is -0.363. The first-order valence-corrected chi connectivity index (χ1v) is 8.69. The van der Waals surface area contributed by atoms with Crippen LogP contribution in [0.1, 0.15) is 36.8 Å². The molecule has 0 saturated heterocycles. The molecular weight excluding hydrogens is 394 g/mol. The van der Waals surface area contributed by atoms with Gasteiger partial charge in [0, 0.05) is 36.0 Å². The second-order valence-corrected chi connectivity index (χ2v) is 7.33. The van der Waals surface area contributed by atoms with Crippen molar-refractivity contribution in [3.05, 3.63) is 74.2 Å². The SMILES string of the molecule is CC(C)(C)c1cc(NC(=O)c2cc([N+](=O)[O-])cc([N+](=O)[O-])c2)n(-c2ncccn2)n1. The van der Waals surface area contributed by atoms with Gasteiger partial charge in [-0.15, -0.1) is 0 Å². The lowest BCUT2D eigenvalue weighted by Crippen LogP contribution is -2.16. The highest BCUT2D eigenvalue weighted by Gasteiger charge is 2.24. The van der Waals surface area contributed by atoms with Gasteiger partial charge in [0.1, 0.15) is 5.82 Å². The summed E-state index contributed by atoms with van der Waals surface area (Å²) in [5, 5.41) is 29.2. The molecule has 0 radical (unpaired) electrons. The Balaban J connectivity index is 2.04. The van der Waals surface area contributed by atoms with Gasteiger partial charge < -0.3 is 5.32 Å². The number of anilines is 1. The lowest BCUT2D eigenvalue weighted by Gasteiger charge is -2.13. The van der Waals surface area contributed by atoms with Gasteiger partial charge in [0.2, 0.25) is 0 Å². The fraction of sp³-hybridized carbons (Fsp3) is 0.222. The average molecular weight is 411 g/mol. The first kappa shape index (κ1) is 20.5. The normalized spacial score (nSPS) is 11.2. The first-order valence-electron chi connectivity index (χ1n) is 8.69. The molecular formula is C18H17N7O5. The number of benzene rings is 1. The number of aromatic nitrogens is 4. The van der Waals surface area contributed by atoms with Gasteiger partial charge in [-0.2, -0.15) is 9.78 Å². The van der Waals surface area contributed by atoms with Gasteiger partial charge in [0.05, 0.1) is 27.2 Å². The number of hydrogen-bond donors (Lipinski definition) is 1. The van der Waals surface area contributed by atoms with E-state index in [-0.39, 0.29) is 22.7 Å². The zero-order valence-corrected chi connectivity index (χ0v) is 16.3. The van der Waals surface area contributed by atoms with Gasteiger partial charge in [0.15, 0.2) is 0 Å². The summed E-state index contributed by atoms with van der Waals surface area (Å²) >= 11 is 0. The lowest BCUT2D eigenvalue weighted by atomic mass is 9.92. The summed E-state index contributed by atoms with van der Waals surface area (Å²) in [6.45, 7) is 5.79. The monoisotopic (exact) mass is 411 g/mol. The quantitative estimate of drug-likeness (QED) is 0.495. The number of nitro groups is 2. The molecule has 1 aromatic carbocycles. The van der Waals surface area contributed by atoms with E-state index in [9.17, 15) is 25.0 Å². The maximum absolute atomic E-state index is 12.8. The van der Waals surface area contributed by atoms with Crippen molar-refractivity contribution < 1.29 is 14.6 Å². The van der Waals surface area contributed by atoms with Crippen molar-refractivity contribution in [1.82, 2.24) is 19.7 Å². The minimum Gasteiger partial charge on any atom is -0.306 e. The number of hydrogen-bond acceptors (Lipinski definition) is 8. The molecule has 0 atom stereocenters. The molecule has 12 nitrogen and oxygen atoms in total. The zero-order valence-electron chi connectivity index (χ0n) is 16.3. The molecule has 12 heteroatoms. The molecule has 2 aromatic heterocycles. The van der Waals surface area contributed by atoms with E-state index < -0.39 is 27.1 Å². The van der Waals surface area contributed by atoms with Gasteiger partial charge >= 0.3 is 0 Å². The van der Waals surface area contributed by atoms with E-state index >= 15 is 0 Å². The van der Waals surface area contributed by atoms with Crippen LogP contribution in [-0.4, -0.2) is 35.5 Å². The van der Waals surface area contributed by atoms with Crippen LogP contribution in [0.5, 0.6) is 0 Å². The van der Waals surface area contributed by atoms with E-state index in [2.05, 4.69) is 20.4 Å². The first-order chi connectivity index (χ1) is 14.1. The molecule has 0 aliphatic heterocycles. The van der Waals surface area contributed by atoms with Crippen molar-refractivity contribution in [2.24, 2.45) is 0 Å². The van der Waals surface area contributed by atoms with E-state index in [1.807, 2.05) is 20.8 Å². The van der Waals surface area contributed by atoms with Crippen molar-refractivity contribution in [3.8, 4) is 5.95 Å². The number of rotatable bonds is 5. The minimum atomic E-state index is -0.802. The number of amides is 1. The Labute approximate surface area is 169 Å². The molecule has 0 saturated carbocycles. The second-order valence-electron chi connectivity index (χ2n) is 7.33. The van der Waals surface area contributed by atoms with Crippen LogP contribution in [0.4, 0.5) is 17.2 Å². The van der Waals surface area contributed by atoms with Crippen LogP contribution in [0.3, 0.4) is 0 Å². The largest absolute Gasteiger partial charge is 0.306 e. The van der Waals surface area contributed by atoms with Crippen LogP contribution in [-0.2, 0) is 5.41 Å². The number of nitro benzene ring substituents is 2. The molecule has 0 unspecified atom stereocenters. The highest BCUT2D eigenvalue weighted by atomic mass is 16.6. The molecule has 3 rings (SSSR count). The Morgan fingerprint density at radius 2 is 1.57 bits per heavy atom. The van der Waals surface area contributed by atoms with Crippen molar-refractivity contribution in [2.75, 3.05) is 5.32 Å². The van der Waals surface area contributed by atoms with E-state index in [1.165, 1.54) is 17.1 Å². The maximum Gasteiger partial charge on any atom is 0.277 e. The summed E-state index contributed by atoms with van der Waals surface area (Å²) in [6, 6.07) is 5.97. The van der Waals surface area contributed by atoms with Gasteiger partial charge in [-0.05, 0) is 6.07 Å². The number of non-ortho nitro benzene ring substituents is 2. The van der Waals surface area contributed by atoms with Crippen molar-refractivity contribution in [3.63, 3.8) is 0 Å². The topological polar surface area (TPSA) is 159 Å². The molecule has 30 heavy (non-hydrogen) atoms. The van der Waals surface area contributed by atoms with Crippen LogP contribution in [0, 0.1) is 20.2 Å². The van der Waals surface area contributed by atoms with E-state index in [0.717, 1.165) is 18.2 Å². The molecule has 0 aliphatic carbocycles. The Morgan fingerprint density at radius 3 is 2.07 bits per heavy atom. The van der Waals surface area contributed by atoms with Crippen LogP contribution < -0.4 is 5.32 Å². The van der Waals surface area contributed by atoms with Crippen LogP contribution in [0.2, 0.25) is 0 Å². The number of nitrogens with zero attached hydrogens (tertiary/aromatic N) is 6. The molecule has 0 aliphatic rings. The Bertz CT molecular complexity index is 1100. The van der Waals surface area contributed by atoms with E-state index in [4.69, 9.17) is 0 Å². The Morgan fingerprint density at radius 1 is 1.00 bits per heavy atom. The van der Waals surface area contributed by atoms with Crippen molar-refractivity contribution in [2.45, 2.75) is 26.2 Å². The minimum absolute atomic E-state index is 0.202. The number of carbonyl (C=O) groups is 1. The van der Waals surface area contributed by atoms with Gasteiger partial charge in [-0.3, -0.25) is 25.0 Å². The third kappa shape index (κ3) is 4.27. The smallest absolute Gasteiger partial charge is 0.277 e. The second kappa shape index (κ2) is 7.66. The summed E-state index contributed by atoms with van der Waals surface area (Å²) in [7, 11) is 0. The van der Waals surface area contributed by atoms with Crippen molar-refractivity contribution in [1.29, 1.82) is 0 Å². The van der Waals surface area contributed by atoms with Crippen LogP contribution >= 0.6 is 0 Å². The Kier molecular flexibility index (Phi) is 5.24. The summed E-state index contributed by atoms with van der Waals surface area (Å²) in [6.07, 6.45) is 3.02. The van der Waals surface area contributed by atoms with Gasteiger partial charge in [-0.1, -0.05) is 20.8 Å². The lowest BCUT2D eigenvalue weighted by molar-refractivity contribution is -0.394. The molecule has 0 spiro atoms. The fourth-order valence-electron chi connectivity index (χ4n) is 2.52. The summed E-state index contributed by atoms with van der Waals surface area (Å²) in [5.41, 5.74) is -1.09. The molecule has 1 N–H and O–H groups in total. The highest BCUT2D eigenvalue weighted by molar-refractivity contribution is 6.04. The highest BCUT2D eigenvalue weighted by Crippen LogP contribution is 2.27. The molecule has 0 bridgehead atoms. The third-order valence-corrected chi connectivity index (χ3v) is 4.05. The zero-order chi connectivity index (χ0) is 22.1. The predicted molar refractivity (Wildman–Crippen MR) is 106 cm³/mol. The number of nitrogens with one attached hydrogen (secondary N) is 1. The Hall–Kier alpha value is -4.22. The maximum atomic E-state index is 12.8. The van der Waals surface area contributed by atoms with Crippen molar-refractivity contribution >= 4 is 23.1 Å². The summed E-state index contributed by atoms with van der Waals surface area (Å²) < 4.78 is 1.32. The molecule has 1 amide bonds. The predicted octanol–water partition coefficient (Wildman–Crippen LogP) is 3.03. The molecule has 154 valence electrons. The standard InChI is InChI=1S/C18H17N7O5/c1-18(2,3)14-10-15(23(22-14)17-19-5-4-6-20-17)21-16(26)11-7-12(24(27)28)9-13(8-11)25(29)30/h4-10H,1-3H3,(H,21,26). The molecule has 0 fully saturated rings. The van der Waals surface area contributed by atoms with Crippen LogP contribution in [0.15, 0.2) is 42.7 Å². The van der Waals surface area contributed by atoms with Crippen LogP contribution in [0.25, 0.3) is 5.95 Å².